The minimum absolute atomic E-state index is 0.334. The third-order valence-corrected chi connectivity index (χ3v) is 3.60. The number of anilines is 1. The second-order valence-corrected chi connectivity index (χ2v) is 5.26. The van der Waals surface area contributed by atoms with Crippen molar-refractivity contribution in [2.75, 3.05) is 12.3 Å². The fourth-order valence-electron chi connectivity index (χ4n) is 2.25. The summed E-state index contributed by atoms with van der Waals surface area (Å²) in [4.78, 5) is 11.9. The van der Waals surface area contributed by atoms with Crippen LogP contribution in [0.1, 0.15) is 54.7 Å². The van der Waals surface area contributed by atoms with E-state index in [0.717, 1.165) is 24.8 Å². The molecule has 1 aromatic rings. The van der Waals surface area contributed by atoms with Crippen molar-refractivity contribution >= 4 is 11.8 Å². The maximum Gasteiger partial charge on any atom is 0.359 e. The molecular formula is C13H19N3O2. The highest BCUT2D eigenvalue weighted by Gasteiger charge is 2.33. The second-order valence-electron chi connectivity index (χ2n) is 5.26. The number of nitrogen functional groups attached to an aromatic ring is 1. The van der Waals surface area contributed by atoms with Gasteiger partial charge in [0, 0.05) is 5.56 Å². The van der Waals surface area contributed by atoms with Crippen molar-refractivity contribution in [3.63, 3.8) is 0 Å². The molecule has 2 aliphatic carbocycles. The molecule has 0 aliphatic heterocycles. The van der Waals surface area contributed by atoms with Crippen LogP contribution in [0.25, 0.3) is 0 Å². The SMILES string of the molecule is CCOC(=O)c1nn(C2CC2)c(N)c1CC1CC1. The third kappa shape index (κ3) is 2.09. The van der Waals surface area contributed by atoms with Crippen LogP contribution in [0.4, 0.5) is 5.82 Å². The fraction of sp³-hybridized carbons (Fsp3) is 0.692. The van der Waals surface area contributed by atoms with Crippen molar-refractivity contribution in [3.8, 4) is 0 Å². The largest absolute Gasteiger partial charge is 0.461 e. The van der Waals surface area contributed by atoms with Crippen LogP contribution >= 0.6 is 0 Å². The molecule has 98 valence electrons. The summed E-state index contributed by atoms with van der Waals surface area (Å²) in [5.41, 5.74) is 7.49. The van der Waals surface area contributed by atoms with E-state index in [1.807, 2.05) is 4.68 Å². The molecule has 1 aromatic heterocycles. The monoisotopic (exact) mass is 249 g/mol. The lowest BCUT2D eigenvalue weighted by atomic mass is 10.1. The summed E-state index contributed by atoms with van der Waals surface area (Å²) in [5, 5.41) is 4.39. The molecule has 0 amide bonds. The zero-order valence-corrected chi connectivity index (χ0v) is 10.7. The van der Waals surface area contributed by atoms with Gasteiger partial charge >= 0.3 is 5.97 Å². The number of aromatic nitrogens is 2. The van der Waals surface area contributed by atoms with Crippen LogP contribution in [0, 0.1) is 5.92 Å². The number of nitrogens with zero attached hydrogens (tertiary/aromatic N) is 2. The van der Waals surface area contributed by atoms with Gasteiger partial charge < -0.3 is 10.5 Å². The van der Waals surface area contributed by atoms with Gasteiger partial charge in [0.15, 0.2) is 5.69 Å². The van der Waals surface area contributed by atoms with E-state index in [1.54, 1.807) is 6.92 Å². The summed E-state index contributed by atoms with van der Waals surface area (Å²) in [6.07, 6.45) is 5.55. The maximum absolute atomic E-state index is 11.9. The summed E-state index contributed by atoms with van der Waals surface area (Å²) >= 11 is 0. The van der Waals surface area contributed by atoms with Crippen molar-refractivity contribution in [1.29, 1.82) is 0 Å². The highest BCUT2D eigenvalue weighted by atomic mass is 16.5. The summed E-state index contributed by atoms with van der Waals surface area (Å²) < 4.78 is 6.89. The van der Waals surface area contributed by atoms with Crippen LogP contribution in [0.5, 0.6) is 0 Å². The molecule has 2 N–H and O–H groups in total. The lowest BCUT2D eigenvalue weighted by Gasteiger charge is -2.03. The summed E-state index contributed by atoms with van der Waals surface area (Å²) in [5.74, 6) is 1.02. The van der Waals surface area contributed by atoms with Crippen molar-refractivity contribution in [3.05, 3.63) is 11.3 Å². The normalized spacial score (nSPS) is 18.9. The van der Waals surface area contributed by atoms with E-state index in [-0.39, 0.29) is 5.97 Å². The van der Waals surface area contributed by atoms with Gasteiger partial charge in [-0.2, -0.15) is 5.10 Å². The fourth-order valence-corrected chi connectivity index (χ4v) is 2.25. The van der Waals surface area contributed by atoms with Gasteiger partial charge in [0.1, 0.15) is 5.82 Å². The standard InChI is InChI=1S/C13H19N3O2/c1-2-18-13(17)11-10(7-8-3-4-8)12(14)16(15-11)9-5-6-9/h8-9H,2-7,14H2,1H3. The second kappa shape index (κ2) is 4.30. The Labute approximate surface area is 106 Å². The number of carbonyl (C=O) groups is 1. The Morgan fingerprint density at radius 1 is 1.44 bits per heavy atom. The molecule has 5 heteroatoms. The molecule has 0 radical (unpaired) electrons. The zero-order valence-electron chi connectivity index (χ0n) is 10.7. The van der Waals surface area contributed by atoms with Crippen LogP contribution in [-0.2, 0) is 11.2 Å². The number of nitrogens with two attached hydrogens (primary N) is 1. The van der Waals surface area contributed by atoms with E-state index in [2.05, 4.69) is 5.10 Å². The van der Waals surface area contributed by atoms with E-state index in [1.165, 1.54) is 12.8 Å². The van der Waals surface area contributed by atoms with Crippen LogP contribution in [-0.4, -0.2) is 22.4 Å². The van der Waals surface area contributed by atoms with Crippen LogP contribution < -0.4 is 5.73 Å². The third-order valence-electron chi connectivity index (χ3n) is 3.60. The molecule has 0 unspecified atom stereocenters. The van der Waals surface area contributed by atoms with E-state index in [9.17, 15) is 4.79 Å². The van der Waals surface area contributed by atoms with Crippen LogP contribution in [0.2, 0.25) is 0 Å². The van der Waals surface area contributed by atoms with E-state index in [4.69, 9.17) is 10.5 Å². The molecule has 0 bridgehead atoms. The molecule has 3 rings (SSSR count). The Bertz CT molecular complexity index is 473. The number of carbonyl (C=O) groups excluding carboxylic acids is 1. The Morgan fingerprint density at radius 2 is 2.17 bits per heavy atom. The zero-order chi connectivity index (χ0) is 12.7. The highest BCUT2D eigenvalue weighted by Crippen LogP contribution is 2.40. The van der Waals surface area contributed by atoms with Crippen LogP contribution in [0.15, 0.2) is 0 Å². The van der Waals surface area contributed by atoms with Crippen molar-refractivity contribution < 1.29 is 9.53 Å². The van der Waals surface area contributed by atoms with Gasteiger partial charge in [0.2, 0.25) is 0 Å². The average Bonchev–Trinajstić information content (AvgIpc) is 3.22. The average molecular weight is 249 g/mol. The van der Waals surface area contributed by atoms with Gasteiger partial charge in [0.05, 0.1) is 12.6 Å². The van der Waals surface area contributed by atoms with E-state index >= 15 is 0 Å². The Kier molecular flexibility index (Phi) is 2.76. The Balaban J connectivity index is 1.92. The molecule has 0 spiro atoms. The molecule has 2 fully saturated rings. The molecule has 2 saturated carbocycles. The van der Waals surface area contributed by atoms with E-state index < -0.39 is 0 Å². The predicted molar refractivity (Wildman–Crippen MR) is 67.3 cm³/mol. The van der Waals surface area contributed by atoms with Crippen LogP contribution in [0.3, 0.4) is 0 Å². The van der Waals surface area contributed by atoms with Crippen molar-refractivity contribution in [2.24, 2.45) is 5.92 Å². The molecule has 5 nitrogen and oxygen atoms in total. The Morgan fingerprint density at radius 3 is 2.72 bits per heavy atom. The first-order valence-electron chi connectivity index (χ1n) is 6.74. The first-order chi connectivity index (χ1) is 8.70. The molecule has 0 aromatic carbocycles. The van der Waals surface area contributed by atoms with Crippen molar-refractivity contribution in [1.82, 2.24) is 9.78 Å². The van der Waals surface area contributed by atoms with Gasteiger partial charge in [0.25, 0.3) is 0 Å². The first kappa shape index (κ1) is 11.6. The molecule has 0 saturated heterocycles. The van der Waals surface area contributed by atoms with Gasteiger partial charge in [-0.1, -0.05) is 0 Å². The molecule has 0 atom stereocenters. The Hall–Kier alpha value is -1.52. The minimum Gasteiger partial charge on any atom is -0.461 e. The molecule has 1 heterocycles. The summed E-state index contributed by atoms with van der Waals surface area (Å²) in [7, 11) is 0. The summed E-state index contributed by atoms with van der Waals surface area (Å²) in [6.45, 7) is 2.18. The number of ether oxygens (including phenoxy) is 1. The van der Waals surface area contributed by atoms with Gasteiger partial charge in [-0.3, -0.25) is 0 Å². The number of hydrogen-bond acceptors (Lipinski definition) is 4. The van der Waals surface area contributed by atoms with E-state index in [0.29, 0.717) is 30.1 Å². The predicted octanol–water partition coefficient (Wildman–Crippen LogP) is 1.93. The highest BCUT2D eigenvalue weighted by molar-refractivity contribution is 5.90. The number of rotatable bonds is 5. The van der Waals surface area contributed by atoms with Gasteiger partial charge in [-0.25, -0.2) is 9.48 Å². The summed E-state index contributed by atoms with van der Waals surface area (Å²) in [6, 6.07) is 0.395. The lowest BCUT2D eigenvalue weighted by Crippen LogP contribution is -2.09. The molecule has 2 aliphatic rings. The minimum atomic E-state index is -0.334. The quantitative estimate of drug-likeness (QED) is 0.809. The van der Waals surface area contributed by atoms with Crippen molar-refractivity contribution in [2.45, 2.75) is 45.1 Å². The number of esters is 1. The topological polar surface area (TPSA) is 70.1 Å². The molecular weight excluding hydrogens is 230 g/mol. The molecule has 18 heavy (non-hydrogen) atoms. The van der Waals surface area contributed by atoms with Gasteiger partial charge in [-0.15, -0.1) is 0 Å². The van der Waals surface area contributed by atoms with Gasteiger partial charge in [-0.05, 0) is 44.9 Å². The maximum atomic E-state index is 11.9. The first-order valence-corrected chi connectivity index (χ1v) is 6.74. The smallest absolute Gasteiger partial charge is 0.359 e. The lowest BCUT2D eigenvalue weighted by molar-refractivity contribution is 0.0517. The number of hydrogen-bond donors (Lipinski definition) is 1.